The molecule has 766 valence electrons. The van der Waals surface area contributed by atoms with Gasteiger partial charge in [-0.3, -0.25) is 0 Å². The minimum atomic E-state index is -0.383. The molecule has 6 heteroatoms. The molecule has 0 spiro atoms. The van der Waals surface area contributed by atoms with Crippen molar-refractivity contribution in [2.75, 3.05) is 6.61 Å². The average Bonchev–Trinajstić information content (AvgIpc) is 0.581. The molecule has 0 aliphatic heterocycles. The fraction of sp³-hybridized carbons (Fsp3) is 0.735. The molecule has 0 saturated heterocycles. The van der Waals surface area contributed by atoms with E-state index in [-0.39, 0.29) is 100 Å². The first-order valence-corrected chi connectivity index (χ1v) is 57.0. The Labute approximate surface area is 845 Å². The molecule has 1 aromatic rings. The van der Waals surface area contributed by atoms with Gasteiger partial charge in [-0.1, -0.05) is 318 Å². The maximum Gasteiger partial charge on any atom is 0.126 e. The highest BCUT2D eigenvalue weighted by Crippen LogP contribution is 2.73. The number of aldehydes is 1. The van der Waals surface area contributed by atoms with Crippen LogP contribution in [-0.2, 0) is 4.79 Å². The molecule has 138 heavy (non-hydrogen) atoms. The van der Waals surface area contributed by atoms with Crippen LogP contribution >= 0.6 is 0 Å². The van der Waals surface area contributed by atoms with E-state index in [4.69, 9.17) is 0 Å². The normalized spacial score (nSPS) is 47.4. The van der Waals surface area contributed by atoms with Gasteiger partial charge in [-0.2, -0.15) is 0 Å². The average molecular weight is 1890 g/mol. The molecule has 1 aromatic carbocycles. The van der Waals surface area contributed by atoms with Crippen LogP contribution < -0.4 is 0 Å². The van der Waals surface area contributed by atoms with Gasteiger partial charge < -0.3 is 30.3 Å². The first kappa shape index (κ1) is 109. The van der Waals surface area contributed by atoms with Crippen LogP contribution in [0.1, 0.15) is 420 Å². The first-order valence-electron chi connectivity index (χ1n) is 57.0. The monoisotopic (exact) mass is 1880 g/mol. The smallest absolute Gasteiger partial charge is 0.126 e. The van der Waals surface area contributed by atoms with Crippen molar-refractivity contribution >= 4 is 6.29 Å². The van der Waals surface area contributed by atoms with Crippen molar-refractivity contribution in [2.24, 2.45) is 168 Å². The van der Waals surface area contributed by atoms with Crippen molar-refractivity contribution in [1.29, 1.82) is 0 Å². The topological polar surface area (TPSA) is 118 Å². The molecule has 16 unspecified atom stereocenters. The van der Waals surface area contributed by atoms with Crippen LogP contribution in [-0.4, -0.2) is 56.7 Å². The van der Waals surface area contributed by atoms with E-state index >= 15 is 0 Å². The standard InChI is InChI=1S/C26H36O.C23H36O.C22H34O.C21H34O.C20H32O.C20H30O/c1-5-24(2)17-14-21-20(18-24)12-13-22-25(21,3)15-9-16-26(22,4)23(27)19-10-7-6-8-11-19;1-6-9-20(24)23(5)14-8-13-22(4)18-12-15-21(3,7-2)16-17(18)10-11-19(22)23;1-6-19(23)22(5)13-8-12-21(4)17-11-14-20(3,7-2)15-16(17)9-10-18(21)22;1-6-19(3)13-10-17-16(14-19)8-9-18-20(4,15(2)22)11-7-12-21(17,18)5;2*1-5-18(2)12-9-16-15(13-18)7-8-17-19(3,14-21)10-6-11-20(16,17)4/h5-8,10-11,14,20,22-23,27H,1,9,12-13,15-18H2,2-4H3;6-7,9,12,17,19-20,24H,2,8,10-11,13-16H2,1,3-5H3;6-7,11,16,18-19,23H,1-2,8-10,12-15H2,3-5H3;6,10,15-16,18,22H,1,7-9,11-14H2,2-5H3;5,9,15,17,21H,1,6-8,10-14H2,2-4H3;5,9,14-15,17H,1,6-8,10-13H2,2-4H3/b;9-6+;;;;/t20?,22?,23?,24-,25-,26+;17?,19?,20?,21-,22-,23+;16?,18?,19?,20-,21-,22+;15?,16?,18?,19-,20-,21-;2*15?,17?,18-,19-,20-/m000000/s1. The van der Waals surface area contributed by atoms with Gasteiger partial charge in [0.25, 0.3) is 0 Å². The highest BCUT2D eigenvalue weighted by molar-refractivity contribution is 5.60. The lowest BCUT2D eigenvalue weighted by atomic mass is 9.45. The molecule has 18 aliphatic carbocycles. The third-order valence-electron chi connectivity index (χ3n) is 46.6. The van der Waals surface area contributed by atoms with Crippen LogP contribution in [0.5, 0.6) is 0 Å². The SMILES string of the molecule is C=CC(O)[C@]1(C)CCC[C@@]2(C)C3=CC[C@](C)(C=C)CC3CCC12.C=C[C@@]1(C)CC=C2C(CCC3[C@@]2(C)CCC[C@@]3(C)C=O)C1.C=C[C@@]1(C)CC=C2C(CCC3[C@](C)(C(C)O)CCC[C@@]23C)C1.C=C[C@@]1(C)CC=C2C(CCC3[C@](C)(C(O)/C=C/C)CCC[C@@]23C)C1.C=C[C@@]1(C)CC=C2C(CCC3[C@](C)(C(O)c4ccccc4)CCC[C@@]23C)C1.C=C[C@@]1(C)CC=C2C(CCC3[C@](C)(CO)CCC[C@@]23C)C1. The second-order valence-electron chi connectivity index (χ2n) is 55.7. The number of carbonyl (C=O) groups excluding carboxylic acids is 1. The maximum absolute atomic E-state index is 11.8. The minimum absolute atomic E-state index is 0.0141. The van der Waals surface area contributed by atoms with Crippen LogP contribution in [0.15, 0.2) is 201 Å². The van der Waals surface area contributed by atoms with Gasteiger partial charge in [-0.25, -0.2) is 0 Å². The third kappa shape index (κ3) is 19.6. The van der Waals surface area contributed by atoms with Gasteiger partial charge in [0, 0.05) is 28.3 Å². The van der Waals surface area contributed by atoms with E-state index in [0.717, 1.165) is 99.4 Å². The summed E-state index contributed by atoms with van der Waals surface area (Å²) < 4.78 is 0. The lowest BCUT2D eigenvalue weighted by molar-refractivity contribution is -0.126. The summed E-state index contributed by atoms with van der Waals surface area (Å²) in [7, 11) is 0. The van der Waals surface area contributed by atoms with Gasteiger partial charge in [0.2, 0.25) is 0 Å². The van der Waals surface area contributed by atoms with Gasteiger partial charge in [-0.05, 0) is 397 Å². The Balaban J connectivity index is 0.000000132. The Hall–Kier alpha value is -4.95. The van der Waals surface area contributed by atoms with Crippen LogP contribution in [0.2, 0.25) is 0 Å². The highest BCUT2D eigenvalue weighted by atomic mass is 16.3. The highest BCUT2D eigenvalue weighted by Gasteiger charge is 2.64. The quantitative estimate of drug-likeness (QED) is 0.0882. The van der Waals surface area contributed by atoms with Crippen molar-refractivity contribution < 1.29 is 30.3 Å². The summed E-state index contributed by atoms with van der Waals surface area (Å²) in [6.45, 7) is 75.8. The molecule has 12 fully saturated rings. The fourth-order valence-corrected chi connectivity index (χ4v) is 37.6. The van der Waals surface area contributed by atoms with Crippen molar-refractivity contribution in [1.82, 2.24) is 0 Å². The van der Waals surface area contributed by atoms with Crippen LogP contribution in [0.4, 0.5) is 0 Å². The number of carbonyl (C=O) groups is 1. The molecule has 0 heterocycles. The fourth-order valence-electron chi connectivity index (χ4n) is 37.6. The van der Waals surface area contributed by atoms with E-state index in [0.29, 0.717) is 69.7 Å². The molecule has 12 saturated carbocycles. The Morgan fingerprint density at radius 2 is 0.587 bits per heavy atom. The van der Waals surface area contributed by atoms with Gasteiger partial charge in [0.15, 0.2) is 0 Å². The zero-order valence-corrected chi connectivity index (χ0v) is 91.9. The first-order chi connectivity index (χ1) is 64.9. The Morgan fingerprint density at radius 1 is 0.326 bits per heavy atom. The van der Waals surface area contributed by atoms with E-state index in [1.807, 2.05) is 32.1 Å². The molecule has 6 nitrogen and oxygen atoms in total. The van der Waals surface area contributed by atoms with E-state index < -0.39 is 0 Å². The zero-order chi connectivity index (χ0) is 101. The molecular weight excluding hydrogens is 1680 g/mol. The molecule has 0 amide bonds. The Morgan fingerprint density at radius 3 is 0.884 bits per heavy atom. The number of allylic oxidation sites excluding steroid dienone is 19. The number of rotatable bonds is 15. The number of fused-ring (bicyclic) bond motifs is 18. The summed E-state index contributed by atoms with van der Waals surface area (Å²) in [6.07, 6.45) is 85.9. The van der Waals surface area contributed by atoms with Gasteiger partial charge in [-0.15, -0.1) is 46.1 Å². The lowest BCUT2D eigenvalue weighted by Gasteiger charge is -2.60. The lowest BCUT2D eigenvalue weighted by Crippen LogP contribution is -2.53. The summed E-state index contributed by atoms with van der Waals surface area (Å²) in [5.41, 5.74) is 14.9. The van der Waals surface area contributed by atoms with E-state index in [9.17, 15) is 30.3 Å². The van der Waals surface area contributed by atoms with E-state index in [2.05, 4.69) is 268 Å². The molecule has 18 aliphatic rings. The number of aliphatic hydroxyl groups excluding tert-OH is 5. The maximum atomic E-state index is 11.8. The summed E-state index contributed by atoms with van der Waals surface area (Å²) in [6, 6.07) is 10.4. The van der Waals surface area contributed by atoms with Crippen molar-refractivity contribution in [3.05, 3.63) is 207 Å². The third-order valence-corrected chi connectivity index (χ3v) is 46.6. The molecule has 34 atom stereocenters. The largest absolute Gasteiger partial charge is 0.396 e. The van der Waals surface area contributed by atoms with Gasteiger partial charge in [0.05, 0.1) is 24.4 Å². The predicted octanol–water partition coefficient (Wildman–Crippen LogP) is 34.5. The summed E-state index contributed by atoms with van der Waals surface area (Å²) in [4.78, 5) is 11.8. The summed E-state index contributed by atoms with van der Waals surface area (Å²) >= 11 is 0. The predicted molar refractivity (Wildman–Crippen MR) is 585 cm³/mol. The second-order valence-corrected chi connectivity index (χ2v) is 55.7. The molecule has 5 N–H and O–H groups in total. The number of hydrogen-bond acceptors (Lipinski definition) is 6. The van der Waals surface area contributed by atoms with Crippen LogP contribution in [0.25, 0.3) is 0 Å². The van der Waals surface area contributed by atoms with Crippen molar-refractivity contribution in [3.63, 3.8) is 0 Å². The van der Waals surface area contributed by atoms with Crippen LogP contribution in [0, 0.1) is 168 Å². The van der Waals surface area contributed by atoms with E-state index in [1.54, 1.807) is 39.5 Å². The Kier molecular flexibility index (Phi) is 32.1. The van der Waals surface area contributed by atoms with E-state index in [1.165, 1.54) is 212 Å². The Bertz CT molecular complexity index is 4780. The molecule has 0 bridgehead atoms. The van der Waals surface area contributed by atoms with Crippen molar-refractivity contribution in [3.8, 4) is 0 Å². The zero-order valence-electron chi connectivity index (χ0n) is 91.9. The molecule has 19 rings (SSSR count). The molecule has 0 radical (unpaired) electrons. The second kappa shape index (κ2) is 40.7. The molecular formula is C132H202O6. The van der Waals surface area contributed by atoms with Gasteiger partial charge >= 0.3 is 0 Å². The number of benzene rings is 1. The number of aliphatic hydroxyl groups is 5. The minimum Gasteiger partial charge on any atom is -0.396 e. The molecule has 0 aromatic heterocycles. The summed E-state index contributed by atoms with van der Waals surface area (Å²) in [5, 5.41) is 53.5. The van der Waals surface area contributed by atoms with Crippen LogP contribution in [0.3, 0.4) is 0 Å². The van der Waals surface area contributed by atoms with Crippen molar-refractivity contribution in [2.45, 2.75) is 433 Å². The summed E-state index contributed by atoms with van der Waals surface area (Å²) in [5.74, 6) is 7.96. The van der Waals surface area contributed by atoms with Gasteiger partial charge in [0.1, 0.15) is 6.29 Å². The number of hydrogen-bond donors (Lipinski definition) is 5.